The van der Waals surface area contributed by atoms with E-state index in [1.807, 2.05) is 91.0 Å². The van der Waals surface area contributed by atoms with Crippen LogP contribution in [0.4, 0.5) is 4.79 Å². The fourth-order valence-corrected chi connectivity index (χ4v) is 12.0. The largest absolute Gasteiger partial charge is 0.511 e. The maximum absolute atomic E-state index is 14.9. The predicted octanol–water partition coefficient (Wildman–Crippen LogP) is 18.1. The molecule has 476 valence electrons. The van der Waals surface area contributed by atoms with Gasteiger partial charge in [-0.1, -0.05) is 245 Å². The summed E-state index contributed by atoms with van der Waals surface area (Å²) in [5.41, 5.74) is 2.57. The summed E-state index contributed by atoms with van der Waals surface area (Å²) in [5.74, 6) is -1.62. The Bertz CT molecular complexity index is 2250. The zero-order chi connectivity index (χ0) is 61.1. The van der Waals surface area contributed by atoms with Gasteiger partial charge in [-0.3, -0.25) is 24.5 Å². The number of rotatable bonds is 46. The molecule has 1 N–H and O–H groups in total. The Balaban J connectivity index is 1.18. The molecule has 0 spiro atoms. The molecule has 3 aromatic carbocycles. The SMILES string of the molecule is CCCCCCCC/C=C\CCCCCCCC(=O)OCC(COC(=O)CCCCCCC/C=C\CCCCCCCC)OC(=O)[C@H](CCc1ccccc1)N[C@@H](C)C(=O)N1[C@@H](OC(=O)OC(c2ccccc2)c2ccccc2)C[C@@H]2CCCC[C@@H]21. The van der Waals surface area contributed by atoms with Crippen LogP contribution in [0.2, 0.25) is 0 Å². The number of ether oxygens (including phenoxy) is 5. The highest BCUT2D eigenvalue weighted by Gasteiger charge is 2.48. The third-order valence-electron chi connectivity index (χ3n) is 17.0. The second-order valence-electron chi connectivity index (χ2n) is 24.3. The van der Waals surface area contributed by atoms with Crippen LogP contribution in [-0.2, 0) is 49.3 Å². The highest BCUT2D eigenvalue weighted by atomic mass is 16.7. The molecule has 12 heteroatoms. The first kappa shape index (κ1) is 71.0. The van der Waals surface area contributed by atoms with Gasteiger partial charge in [0.15, 0.2) is 18.4 Å². The fraction of sp³-hybridized carbons (Fsp3) is 0.635. The summed E-state index contributed by atoms with van der Waals surface area (Å²) < 4.78 is 29.9. The fourth-order valence-electron chi connectivity index (χ4n) is 12.0. The van der Waals surface area contributed by atoms with Crippen LogP contribution < -0.4 is 5.32 Å². The van der Waals surface area contributed by atoms with Crippen molar-refractivity contribution in [1.82, 2.24) is 10.2 Å². The number of carbonyl (C=O) groups is 5. The molecule has 1 heterocycles. The number of likely N-dealkylation sites (tertiary alicyclic amines) is 1. The van der Waals surface area contributed by atoms with Crippen LogP contribution >= 0.6 is 0 Å². The van der Waals surface area contributed by atoms with Crippen molar-refractivity contribution >= 4 is 30.0 Å². The third-order valence-corrected chi connectivity index (χ3v) is 17.0. The van der Waals surface area contributed by atoms with Crippen LogP contribution in [0.5, 0.6) is 0 Å². The molecular weight excluding hydrogens is 1080 g/mol. The number of nitrogens with one attached hydrogen (secondary N) is 1. The number of benzene rings is 3. The minimum Gasteiger partial charge on any atom is -0.462 e. The molecule has 1 amide bonds. The smallest absolute Gasteiger partial charge is 0.462 e. The van der Waals surface area contributed by atoms with Crippen molar-refractivity contribution in [2.75, 3.05) is 13.2 Å². The van der Waals surface area contributed by atoms with E-state index in [2.05, 4.69) is 43.5 Å². The summed E-state index contributed by atoms with van der Waals surface area (Å²) in [6.45, 7) is 5.67. The number of unbranched alkanes of at least 4 members (excludes halogenated alkanes) is 22. The zero-order valence-corrected chi connectivity index (χ0v) is 53.2. The molecule has 0 bridgehead atoms. The van der Waals surface area contributed by atoms with Gasteiger partial charge in [-0.05, 0) is 119 Å². The predicted molar refractivity (Wildman–Crippen MR) is 345 cm³/mol. The zero-order valence-electron chi connectivity index (χ0n) is 53.2. The Labute approximate surface area is 518 Å². The Morgan fingerprint density at radius 2 is 0.988 bits per heavy atom. The van der Waals surface area contributed by atoms with E-state index >= 15 is 0 Å². The lowest BCUT2D eigenvalue weighted by atomic mass is 9.85. The van der Waals surface area contributed by atoms with E-state index in [4.69, 9.17) is 23.7 Å². The number of allylic oxidation sites excluding steroid dienone is 4. The molecule has 5 rings (SSSR count). The van der Waals surface area contributed by atoms with Crippen LogP contribution in [0.15, 0.2) is 115 Å². The first-order valence-corrected chi connectivity index (χ1v) is 34.1. The van der Waals surface area contributed by atoms with Gasteiger partial charge >= 0.3 is 24.1 Å². The summed E-state index contributed by atoms with van der Waals surface area (Å²) >= 11 is 0. The lowest BCUT2D eigenvalue weighted by Crippen LogP contribution is -2.55. The van der Waals surface area contributed by atoms with E-state index in [0.29, 0.717) is 25.7 Å². The molecule has 0 radical (unpaired) electrons. The van der Waals surface area contributed by atoms with Gasteiger partial charge in [-0.25, -0.2) is 4.79 Å². The lowest BCUT2D eigenvalue weighted by Gasteiger charge is -2.35. The summed E-state index contributed by atoms with van der Waals surface area (Å²) in [5, 5.41) is 3.33. The van der Waals surface area contributed by atoms with Gasteiger partial charge in [0.25, 0.3) is 0 Å². The van der Waals surface area contributed by atoms with E-state index in [1.165, 1.54) is 77.0 Å². The van der Waals surface area contributed by atoms with Crippen LogP contribution in [0, 0.1) is 5.92 Å². The van der Waals surface area contributed by atoms with Gasteiger partial charge in [0, 0.05) is 25.3 Å². The van der Waals surface area contributed by atoms with Gasteiger partial charge in [-0.15, -0.1) is 0 Å². The average Bonchev–Trinajstić information content (AvgIpc) is 1.91. The van der Waals surface area contributed by atoms with Crippen molar-refractivity contribution in [3.05, 3.63) is 132 Å². The van der Waals surface area contributed by atoms with Crippen molar-refractivity contribution in [1.29, 1.82) is 0 Å². The number of hydrogen-bond donors (Lipinski definition) is 1. The first-order valence-electron chi connectivity index (χ1n) is 34.1. The summed E-state index contributed by atoms with van der Waals surface area (Å²) in [6.07, 6.45) is 41.0. The molecule has 2 fully saturated rings. The van der Waals surface area contributed by atoms with Crippen LogP contribution in [0.3, 0.4) is 0 Å². The number of carbonyl (C=O) groups excluding carboxylic acids is 5. The number of amides is 1. The Morgan fingerprint density at radius 1 is 0.547 bits per heavy atom. The number of esters is 3. The molecule has 5 atom stereocenters. The summed E-state index contributed by atoms with van der Waals surface area (Å²) in [6, 6.07) is 26.8. The molecule has 1 aliphatic carbocycles. The highest BCUT2D eigenvalue weighted by molar-refractivity contribution is 5.84. The Morgan fingerprint density at radius 3 is 1.48 bits per heavy atom. The Hall–Kier alpha value is -5.75. The highest BCUT2D eigenvalue weighted by Crippen LogP contribution is 2.41. The minimum atomic E-state index is -1.08. The van der Waals surface area contributed by atoms with Crippen molar-refractivity contribution in [2.45, 2.75) is 282 Å². The maximum atomic E-state index is 14.9. The number of hydrogen-bond acceptors (Lipinski definition) is 11. The van der Waals surface area contributed by atoms with Crippen LogP contribution in [0.25, 0.3) is 0 Å². The first-order chi connectivity index (χ1) is 42.2. The molecule has 1 saturated heterocycles. The van der Waals surface area contributed by atoms with Gasteiger partial charge in [0.1, 0.15) is 19.3 Å². The van der Waals surface area contributed by atoms with Gasteiger partial charge in [0.05, 0.1) is 6.04 Å². The van der Waals surface area contributed by atoms with E-state index in [9.17, 15) is 24.0 Å². The molecule has 12 nitrogen and oxygen atoms in total. The van der Waals surface area contributed by atoms with Crippen LogP contribution in [-0.4, -0.2) is 78.5 Å². The van der Waals surface area contributed by atoms with Crippen molar-refractivity contribution in [3.8, 4) is 0 Å². The molecule has 1 saturated carbocycles. The lowest BCUT2D eigenvalue weighted by molar-refractivity contribution is -0.169. The summed E-state index contributed by atoms with van der Waals surface area (Å²) in [4.78, 5) is 71.5. The van der Waals surface area contributed by atoms with E-state index in [-0.39, 0.29) is 50.3 Å². The quantitative estimate of drug-likeness (QED) is 0.0249. The number of fused-ring (bicyclic) bond motifs is 1. The van der Waals surface area contributed by atoms with Gasteiger partial charge in [-0.2, -0.15) is 0 Å². The third kappa shape index (κ3) is 29.3. The van der Waals surface area contributed by atoms with Crippen molar-refractivity contribution < 1.29 is 47.7 Å². The molecule has 86 heavy (non-hydrogen) atoms. The second kappa shape index (κ2) is 44.6. The average molecular weight is 1190 g/mol. The monoisotopic (exact) mass is 1190 g/mol. The normalized spacial score (nSPS) is 16.6. The van der Waals surface area contributed by atoms with E-state index in [1.54, 1.807) is 11.8 Å². The molecule has 2 aliphatic rings. The molecule has 3 aromatic rings. The molecule has 0 aromatic heterocycles. The molecule has 0 unspecified atom stereocenters. The number of aryl methyl sites for hydroxylation is 1. The van der Waals surface area contributed by atoms with E-state index < -0.39 is 54.6 Å². The standard InChI is InChI=1S/C74H110N2O10/c1-4-6-8-10-12-14-16-18-20-22-24-26-28-30-41-53-69(77)82-58-65(59-83-70(78)54-42-31-29-27-25-23-21-19-17-15-13-11-9-7-5-2)84-73(80)66(56-55-61-45-35-32-36-46-61)75-60(3)72(79)76-67-52-44-43-51-64(67)57-68(76)85-74(81)86-71(62-47-37-33-38-48-62)63-49-39-34-40-50-63/h18-21,32-40,45-50,60,64-68,71,75H,4-17,22-31,41-44,51-59H2,1-3H3/b20-18-,21-19-/t60-,64-,66-,67-,68-/m0/s1. The topological polar surface area (TPSA) is 147 Å². The van der Waals surface area contributed by atoms with Crippen LogP contribution in [0.1, 0.15) is 262 Å². The Kier molecular flexibility index (Phi) is 36.9. The molecule has 1 aliphatic heterocycles. The van der Waals surface area contributed by atoms with Crippen molar-refractivity contribution in [2.24, 2.45) is 5.92 Å². The van der Waals surface area contributed by atoms with E-state index in [0.717, 1.165) is 119 Å². The number of nitrogens with zero attached hydrogens (tertiary/aromatic N) is 1. The molecular formula is C74H110N2O10. The second-order valence-corrected chi connectivity index (χ2v) is 24.3. The van der Waals surface area contributed by atoms with Gasteiger partial charge in [0.2, 0.25) is 5.91 Å². The summed E-state index contributed by atoms with van der Waals surface area (Å²) in [7, 11) is 0. The van der Waals surface area contributed by atoms with Crippen molar-refractivity contribution in [3.63, 3.8) is 0 Å². The van der Waals surface area contributed by atoms with Gasteiger partial charge < -0.3 is 28.6 Å². The minimum absolute atomic E-state index is 0.135. The maximum Gasteiger partial charge on any atom is 0.511 e.